The number of halogens is 3. The molecule has 0 radical (unpaired) electrons. The number of anilines is 3. The highest BCUT2D eigenvalue weighted by Crippen LogP contribution is 2.57. The third-order valence-corrected chi connectivity index (χ3v) is 7.38. The van der Waals surface area contributed by atoms with Gasteiger partial charge >= 0.3 is 6.18 Å². The number of piperazine rings is 1. The summed E-state index contributed by atoms with van der Waals surface area (Å²) >= 11 is 0. The minimum absolute atomic E-state index is 0.0271. The van der Waals surface area contributed by atoms with Gasteiger partial charge in [0, 0.05) is 44.1 Å². The summed E-state index contributed by atoms with van der Waals surface area (Å²) in [6, 6.07) is 9.73. The van der Waals surface area contributed by atoms with Crippen molar-refractivity contribution in [3.8, 4) is 0 Å². The van der Waals surface area contributed by atoms with Crippen LogP contribution in [0.5, 0.6) is 0 Å². The van der Waals surface area contributed by atoms with Crippen LogP contribution in [0.25, 0.3) is 11.0 Å². The molecule has 2 aliphatic rings. The molecule has 1 aliphatic carbocycles. The lowest BCUT2D eigenvalue weighted by Gasteiger charge is -2.34. The molecule has 3 aromatic rings. The summed E-state index contributed by atoms with van der Waals surface area (Å²) in [5, 5.41) is 5.77. The normalized spacial score (nSPS) is 17.9. The van der Waals surface area contributed by atoms with Crippen LogP contribution in [0.2, 0.25) is 0 Å². The highest BCUT2D eigenvalue weighted by Gasteiger charge is 2.68. The van der Waals surface area contributed by atoms with E-state index in [1.807, 2.05) is 19.1 Å². The molecule has 0 bridgehead atoms. The minimum Gasteiger partial charge on any atom is -0.369 e. The van der Waals surface area contributed by atoms with Crippen LogP contribution in [0.4, 0.5) is 30.5 Å². The number of aromatic nitrogens is 2. The van der Waals surface area contributed by atoms with E-state index in [1.54, 1.807) is 6.07 Å². The number of rotatable bonds is 6. The van der Waals surface area contributed by atoms with E-state index < -0.39 is 17.5 Å². The van der Waals surface area contributed by atoms with Crippen LogP contribution in [-0.4, -0.2) is 60.2 Å². The summed E-state index contributed by atoms with van der Waals surface area (Å²) in [6.45, 7) is 8.07. The van der Waals surface area contributed by atoms with E-state index in [4.69, 9.17) is 4.98 Å². The molecule has 0 unspecified atom stereocenters. The van der Waals surface area contributed by atoms with E-state index in [1.165, 1.54) is 11.3 Å². The molecule has 2 aromatic carbocycles. The first kappa shape index (κ1) is 24.4. The van der Waals surface area contributed by atoms with E-state index in [-0.39, 0.29) is 19.4 Å². The zero-order valence-corrected chi connectivity index (χ0v) is 20.7. The maximum Gasteiger partial charge on any atom is 0.403 e. The second-order valence-corrected chi connectivity index (χ2v) is 10.1. The third kappa shape index (κ3) is 4.61. The van der Waals surface area contributed by atoms with Gasteiger partial charge in [0.25, 0.3) is 0 Å². The van der Waals surface area contributed by atoms with E-state index in [9.17, 15) is 18.0 Å². The van der Waals surface area contributed by atoms with Gasteiger partial charge in [-0.3, -0.25) is 4.79 Å². The molecule has 2 fully saturated rings. The van der Waals surface area contributed by atoms with E-state index in [0.29, 0.717) is 11.5 Å². The molecule has 1 aliphatic heterocycles. The van der Waals surface area contributed by atoms with Gasteiger partial charge in [-0.1, -0.05) is 12.1 Å². The summed E-state index contributed by atoms with van der Waals surface area (Å²) in [7, 11) is 2.13. The molecule has 1 aromatic heterocycles. The van der Waals surface area contributed by atoms with Crippen molar-refractivity contribution in [2.75, 3.05) is 43.4 Å². The third-order valence-electron chi connectivity index (χ3n) is 7.38. The van der Waals surface area contributed by atoms with Crippen molar-refractivity contribution in [1.82, 2.24) is 20.2 Å². The Bertz CT molecular complexity index is 1290. The summed E-state index contributed by atoms with van der Waals surface area (Å²) in [4.78, 5) is 25.0. The number of aromatic amines is 1. The zero-order chi connectivity index (χ0) is 25.7. The Morgan fingerprint density at radius 2 is 1.81 bits per heavy atom. The average Bonchev–Trinajstić information content (AvgIpc) is 3.56. The van der Waals surface area contributed by atoms with Gasteiger partial charge < -0.3 is 25.4 Å². The first-order chi connectivity index (χ1) is 17.1. The molecule has 1 amide bonds. The first-order valence-corrected chi connectivity index (χ1v) is 12.2. The standard InChI is InChI=1S/C26H31F3N6O/c1-16-4-5-18(15-30-23(36)25(6-7-25)26(27,28)29)13-19(16)31-24-32-20-12-17(2)22(14-21(20)33-24)35-10-8-34(3)9-11-35/h4-5,12-14H,6-11,15H2,1-3H3,(H,30,36)(H2,31,32,33). The Morgan fingerprint density at radius 1 is 1.08 bits per heavy atom. The fraction of sp³-hybridized carbons (Fsp3) is 0.462. The monoisotopic (exact) mass is 500 g/mol. The highest BCUT2D eigenvalue weighted by molar-refractivity contribution is 5.86. The molecular formula is C26H31F3N6O. The molecule has 5 rings (SSSR count). The van der Waals surface area contributed by atoms with Gasteiger partial charge in [-0.05, 0) is 68.6 Å². The maximum atomic E-state index is 13.2. The molecule has 7 nitrogen and oxygen atoms in total. The molecule has 36 heavy (non-hydrogen) atoms. The van der Waals surface area contributed by atoms with Gasteiger partial charge in [-0.15, -0.1) is 0 Å². The number of hydrogen-bond donors (Lipinski definition) is 3. The van der Waals surface area contributed by atoms with E-state index in [0.717, 1.165) is 48.5 Å². The number of alkyl halides is 3. The van der Waals surface area contributed by atoms with Crippen LogP contribution >= 0.6 is 0 Å². The Hall–Kier alpha value is -3.27. The number of hydrogen-bond acceptors (Lipinski definition) is 5. The van der Waals surface area contributed by atoms with Crippen molar-refractivity contribution < 1.29 is 18.0 Å². The van der Waals surface area contributed by atoms with Crippen LogP contribution in [0.1, 0.15) is 29.5 Å². The van der Waals surface area contributed by atoms with Crippen molar-refractivity contribution in [2.45, 2.75) is 39.4 Å². The summed E-state index contributed by atoms with van der Waals surface area (Å²) in [6.07, 6.45) is -4.81. The number of carbonyl (C=O) groups excluding carboxylic acids is 1. The van der Waals surface area contributed by atoms with Gasteiger partial charge in [0.2, 0.25) is 11.9 Å². The Labute approximate surface area is 208 Å². The number of likely N-dealkylation sites (N-methyl/N-ethyl adjacent to an activating group) is 1. The topological polar surface area (TPSA) is 76.3 Å². The Morgan fingerprint density at radius 3 is 2.47 bits per heavy atom. The van der Waals surface area contributed by atoms with Gasteiger partial charge in [0.1, 0.15) is 5.41 Å². The number of fused-ring (bicyclic) bond motifs is 1. The fourth-order valence-electron chi connectivity index (χ4n) is 4.76. The second kappa shape index (κ2) is 8.99. The van der Waals surface area contributed by atoms with Crippen LogP contribution in [-0.2, 0) is 11.3 Å². The van der Waals surface area contributed by atoms with Crippen LogP contribution in [0.15, 0.2) is 30.3 Å². The molecule has 1 saturated carbocycles. The number of nitrogens with zero attached hydrogens (tertiary/aromatic N) is 3. The molecule has 0 spiro atoms. The number of H-pyrrole nitrogens is 1. The Kier molecular flexibility index (Phi) is 6.10. The summed E-state index contributed by atoms with van der Waals surface area (Å²) in [5.74, 6) is -0.368. The van der Waals surface area contributed by atoms with Crippen LogP contribution in [0.3, 0.4) is 0 Å². The number of amides is 1. The number of imidazole rings is 1. The second-order valence-electron chi connectivity index (χ2n) is 10.1. The van der Waals surface area contributed by atoms with Gasteiger partial charge in [0.15, 0.2) is 0 Å². The molecule has 192 valence electrons. The van der Waals surface area contributed by atoms with Gasteiger partial charge in [-0.25, -0.2) is 4.98 Å². The van der Waals surface area contributed by atoms with Crippen LogP contribution < -0.4 is 15.5 Å². The predicted molar refractivity (Wildman–Crippen MR) is 135 cm³/mol. The smallest absolute Gasteiger partial charge is 0.369 e. The van der Waals surface area contributed by atoms with Gasteiger partial charge in [-0.2, -0.15) is 13.2 Å². The van der Waals surface area contributed by atoms with Crippen LogP contribution in [0, 0.1) is 19.3 Å². The lowest BCUT2D eigenvalue weighted by Crippen LogP contribution is -2.44. The number of carbonyl (C=O) groups is 1. The molecule has 1 saturated heterocycles. The maximum absolute atomic E-state index is 13.2. The zero-order valence-electron chi connectivity index (χ0n) is 20.7. The minimum atomic E-state index is -4.51. The predicted octanol–water partition coefficient (Wildman–Crippen LogP) is 4.63. The van der Waals surface area contributed by atoms with Crippen molar-refractivity contribution >= 4 is 34.3 Å². The average molecular weight is 501 g/mol. The van der Waals surface area contributed by atoms with Crippen molar-refractivity contribution in [2.24, 2.45) is 5.41 Å². The summed E-state index contributed by atoms with van der Waals surface area (Å²) < 4.78 is 39.6. The van der Waals surface area contributed by atoms with Crippen molar-refractivity contribution in [3.63, 3.8) is 0 Å². The number of aryl methyl sites for hydroxylation is 2. The lowest BCUT2D eigenvalue weighted by molar-refractivity contribution is -0.192. The quantitative estimate of drug-likeness (QED) is 0.460. The SMILES string of the molecule is Cc1ccc(CNC(=O)C2(C(F)(F)F)CC2)cc1Nc1nc2cc(N3CCN(C)CC3)c(C)cc2[nH]1. The first-order valence-electron chi connectivity index (χ1n) is 12.2. The number of benzene rings is 2. The molecular weight excluding hydrogens is 469 g/mol. The van der Waals surface area contributed by atoms with Crippen molar-refractivity contribution in [1.29, 1.82) is 0 Å². The molecule has 10 heteroatoms. The summed E-state index contributed by atoms with van der Waals surface area (Å²) in [5.41, 5.74) is 4.38. The molecule has 3 N–H and O–H groups in total. The molecule has 2 heterocycles. The van der Waals surface area contributed by atoms with E-state index in [2.05, 4.69) is 51.5 Å². The van der Waals surface area contributed by atoms with Gasteiger partial charge in [0.05, 0.1) is 11.0 Å². The van der Waals surface area contributed by atoms with E-state index >= 15 is 0 Å². The highest BCUT2D eigenvalue weighted by atomic mass is 19.4. The number of nitrogens with one attached hydrogen (secondary N) is 3. The fourth-order valence-corrected chi connectivity index (χ4v) is 4.76. The Balaban J connectivity index is 1.30. The largest absolute Gasteiger partial charge is 0.403 e. The lowest BCUT2D eigenvalue weighted by atomic mass is 10.1. The van der Waals surface area contributed by atoms with Crippen molar-refractivity contribution in [3.05, 3.63) is 47.0 Å². The molecule has 0 atom stereocenters.